The number of aromatic amines is 1. The summed E-state index contributed by atoms with van der Waals surface area (Å²) in [6.45, 7) is 2.60. The standard InChI is InChI=1S/C15H24N4O2/c1-2-3-6-19-13(16)12(14(20)18-15(19)21)17-11-8-9-4-5-10(11)7-9/h9-11,17H,2-8,16H2,1H3,(H,18,20,21). The number of rotatable bonds is 5. The molecule has 3 rings (SSSR count). The smallest absolute Gasteiger partial charge is 0.330 e. The van der Waals surface area contributed by atoms with Crippen molar-refractivity contribution in [2.45, 2.75) is 58.0 Å². The molecule has 0 radical (unpaired) electrons. The molecule has 21 heavy (non-hydrogen) atoms. The summed E-state index contributed by atoms with van der Waals surface area (Å²) in [6, 6.07) is 0.323. The molecule has 2 aliphatic rings. The van der Waals surface area contributed by atoms with E-state index in [4.69, 9.17) is 5.73 Å². The van der Waals surface area contributed by atoms with Crippen LogP contribution in [0.15, 0.2) is 9.59 Å². The minimum Gasteiger partial charge on any atom is -0.383 e. The van der Waals surface area contributed by atoms with Gasteiger partial charge in [0.15, 0.2) is 0 Å². The van der Waals surface area contributed by atoms with Gasteiger partial charge >= 0.3 is 5.69 Å². The third kappa shape index (κ3) is 2.59. The summed E-state index contributed by atoms with van der Waals surface area (Å²) in [6.07, 6.45) is 6.74. The van der Waals surface area contributed by atoms with Crippen LogP contribution in [-0.2, 0) is 6.54 Å². The van der Waals surface area contributed by atoms with Gasteiger partial charge in [-0.25, -0.2) is 4.79 Å². The van der Waals surface area contributed by atoms with Crippen molar-refractivity contribution >= 4 is 11.5 Å². The number of hydrogen-bond acceptors (Lipinski definition) is 4. The topological polar surface area (TPSA) is 92.9 Å². The lowest BCUT2D eigenvalue weighted by molar-refractivity contribution is 0.439. The predicted octanol–water partition coefficient (Wildman–Crippen LogP) is 1.52. The van der Waals surface area contributed by atoms with Crippen molar-refractivity contribution in [2.75, 3.05) is 11.1 Å². The van der Waals surface area contributed by atoms with Crippen LogP contribution in [0.25, 0.3) is 0 Å². The molecule has 1 heterocycles. The zero-order chi connectivity index (χ0) is 15.0. The Bertz CT molecular complexity index is 634. The maximum Gasteiger partial charge on any atom is 0.330 e. The highest BCUT2D eigenvalue weighted by Crippen LogP contribution is 2.45. The van der Waals surface area contributed by atoms with E-state index in [9.17, 15) is 9.59 Å². The van der Waals surface area contributed by atoms with Crippen molar-refractivity contribution in [3.63, 3.8) is 0 Å². The first-order valence-corrected chi connectivity index (χ1v) is 7.99. The Hall–Kier alpha value is -1.72. The fraction of sp³-hybridized carbons (Fsp3) is 0.733. The highest BCUT2D eigenvalue weighted by Gasteiger charge is 2.40. The Labute approximate surface area is 123 Å². The fourth-order valence-electron chi connectivity index (χ4n) is 3.87. The van der Waals surface area contributed by atoms with E-state index in [0.717, 1.165) is 25.2 Å². The minimum absolute atomic E-state index is 0.278. The Morgan fingerprint density at radius 3 is 2.76 bits per heavy atom. The highest BCUT2D eigenvalue weighted by molar-refractivity contribution is 5.61. The van der Waals surface area contributed by atoms with Gasteiger partial charge in [-0.05, 0) is 37.5 Å². The van der Waals surface area contributed by atoms with Crippen LogP contribution in [0.1, 0.15) is 45.4 Å². The van der Waals surface area contributed by atoms with Crippen LogP contribution in [0.3, 0.4) is 0 Å². The number of hydrogen-bond donors (Lipinski definition) is 3. The van der Waals surface area contributed by atoms with Gasteiger partial charge in [0.25, 0.3) is 5.56 Å². The highest BCUT2D eigenvalue weighted by atomic mass is 16.2. The average molecular weight is 292 g/mol. The van der Waals surface area contributed by atoms with Crippen molar-refractivity contribution in [3.05, 3.63) is 20.8 Å². The van der Waals surface area contributed by atoms with Crippen molar-refractivity contribution in [1.82, 2.24) is 9.55 Å². The summed E-state index contributed by atoms with van der Waals surface area (Å²) < 4.78 is 1.47. The number of nitrogens with one attached hydrogen (secondary N) is 2. The molecule has 2 fully saturated rings. The van der Waals surface area contributed by atoms with E-state index in [2.05, 4.69) is 17.2 Å². The van der Waals surface area contributed by atoms with E-state index in [1.54, 1.807) is 0 Å². The quantitative estimate of drug-likeness (QED) is 0.767. The maximum atomic E-state index is 12.1. The lowest BCUT2D eigenvalue weighted by atomic mass is 9.95. The van der Waals surface area contributed by atoms with Crippen molar-refractivity contribution in [1.29, 1.82) is 0 Å². The Kier molecular flexibility index (Phi) is 3.78. The molecule has 6 heteroatoms. The average Bonchev–Trinajstić information content (AvgIpc) is 3.05. The molecular weight excluding hydrogens is 268 g/mol. The van der Waals surface area contributed by atoms with Gasteiger partial charge in [-0.15, -0.1) is 0 Å². The van der Waals surface area contributed by atoms with E-state index >= 15 is 0 Å². The SMILES string of the molecule is CCCCn1c(N)c(NC2CC3CCC2C3)c(=O)[nH]c1=O. The normalized spacial score (nSPS) is 27.2. The van der Waals surface area contributed by atoms with E-state index in [1.165, 1.54) is 23.8 Å². The van der Waals surface area contributed by atoms with Gasteiger partial charge in [0.2, 0.25) is 0 Å². The molecule has 6 nitrogen and oxygen atoms in total. The second kappa shape index (κ2) is 5.58. The maximum absolute atomic E-state index is 12.1. The molecule has 1 aromatic rings. The van der Waals surface area contributed by atoms with Crippen molar-refractivity contribution in [2.24, 2.45) is 11.8 Å². The zero-order valence-electron chi connectivity index (χ0n) is 12.5. The largest absolute Gasteiger partial charge is 0.383 e. The molecule has 3 atom stereocenters. The molecule has 0 saturated heterocycles. The summed E-state index contributed by atoms with van der Waals surface area (Å²) in [5.74, 6) is 1.71. The van der Waals surface area contributed by atoms with Gasteiger partial charge < -0.3 is 11.1 Å². The van der Waals surface area contributed by atoms with E-state index in [-0.39, 0.29) is 5.82 Å². The number of aromatic nitrogens is 2. The number of H-pyrrole nitrogens is 1. The molecular formula is C15H24N4O2. The molecule has 2 aliphatic carbocycles. The third-order valence-corrected chi connectivity index (χ3v) is 5.04. The summed E-state index contributed by atoms with van der Waals surface area (Å²) in [5.41, 5.74) is 5.65. The van der Waals surface area contributed by atoms with Crippen LogP contribution < -0.4 is 22.3 Å². The first kappa shape index (κ1) is 14.2. The number of nitrogens with zero attached hydrogens (tertiary/aromatic N) is 1. The van der Waals surface area contributed by atoms with Gasteiger partial charge in [0.1, 0.15) is 11.5 Å². The molecule has 4 N–H and O–H groups in total. The van der Waals surface area contributed by atoms with Crippen LogP contribution in [0.5, 0.6) is 0 Å². The fourth-order valence-corrected chi connectivity index (χ4v) is 3.87. The summed E-state index contributed by atoms with van der Waals surface area (Å²) in [5, 5.41) is 3.32. The van der Waals surface area contributed by atoms with Crippen LogP contribution >= 0.6 is 0 Å². The molecule has 116 valence electrons. The van der Waals surface area contributed by atoms with Crippen molar-refractivity contribution in [3.8, 4) is 0 Å². The molecule has 0 spiro atoms. The summed E-state index contributed by atoms with van der Waals surface area (Å²) in [7, 11) is 0. The van der Waals surface area contributed by atoms with Gasteiger partial charge in [-0.3, -0.25) is 14.3 Å². The molecule has 0 amide bonds. The number of unbranched alkanes of at least 4 members (excludes halogenated alkanes) is 1. The molecule has 0 aliphatic heterocycles. The predicted molar refractivity (Wildman–Crippen MR) is 83.5 cm³/mol. The number of anilines is 2. The molecule has 2 saturated carbocycles. The second-order valence-corrected chi connectivity index (χ2v) is 6.45. The molecule has 3 unspecified atom stereocenters. The summed E-state index contributed by atoms with van der Waals surface area (Å²) in [4.78, 5) is 26.3. The van der Waals surface area contributed by atoms with Crippen LogP contribution in [0.2, 0.25) is 0 Å². The van der Waals surface area contributed by atoms with Gasteiger partial charge in [0.05, 0.1) is 0 Å². The number of nitrogens with two attached hydrogens (primary N) is 1. The van der Waals surface area contributed by atoms with Gasteiger partial charge in [0, 0.05) is 12.6 Å². The Morgan fingerprint density at radius 1 is 1.33 bits per heavy atom. The summed E-state index contributed by atoms with van der Waals surface area (Å²) >= 11 is 0. The third-order valence-electron chi connectivity index (χ3n) is 5.04. The lowest BCUT2D eigenvalue weighted by Gasteiger charge is -2.24. The van der Waals surface area contributed by atoms with Crippen molar-refractivity contribution < 1.29 is 0 Å². The molecule has 1 aromatic heterocycles. The first-order valence-electron chi connectivity index (χ1n) is 7.99. The second-order valence-electron chi connectivity index (χ2n) is 6.45. The Balaban J connectivity index is 1.87. The van der Waals surface area contributed by atoms with Crippen LogP contribution in [0, 0.1) is 11.8 Å². The minimum atomic E-state index is -0.413. The number of nitrogen functional groups attached to an aromatic ring is 1. The molecule has 2 bridgehead atoms. The zero-order valence-corrected chi connectivity index (χ0v) is 12.5. The van der Waals surface area contributed by atoms with Crippen LogP contribution in [-0.4, -0.2) is 15.6 Å². The monoisotopic (exact) mass is 292 g/mol. The molecule has 0 aromatic carbocycles. The van der Waals surface area contributed by atoms with E-state index in [0.29, 0.717) is 24.2 Å². The van der Waals surface area contributed by atoms with E-state index < -0.39 is 11.2 Å². The van der Waals surface area contributed by atoms with E-state index in [1.807, 2.05) is 0 Å². The van der Waals surface area contributed by atoms with Crippen LogP contribution in [0.4, 0.5) is 11.5 Å². The van der Waals surface area contributed by atoms with Gasteiger partial charge in [-0.1, -0.05) is 19.8 Å². The van der Waals surface area contributed by atoms with Gasteiger partial charge in [-0.2, -0.15) is 0 Å². The number of fused-ring (bicyclic) bond motifs is 2. The Morgan fingerprint density at radius 2 is 2.14 bits per heavy atom. The lowest BCUT2D eigenvalue weighted by Crippen LogP contribution is -2.37. The first-order chi connectivity index (χ1) is 10.1.